The van der Waals surface area contributed by atoms with Gasteiger partial charge in [-0.3, -0.25) is 4.18 Å². The van der Waals surface area contributed by atoms with Crippen molar-refractivity contribution in [2.45, 2.75) is 37.4 Å². The summed E-state index contributed by atoms with van der Waals surface area (Å²) in [7, 11) is -2.98. The summed E-state index contributed by atoms with van der Waals surface area (Å²) in [6.07, 6.45) is -1.29. The van der Waals surface area contributed by atoms with Crippen molar-refractivity contribution >= 4 is 51.1 Å². The van der Waals surface area contributed by atoms with Crippen molar-refractivity contribution in [3.8, 4) is 0 Å². The number of rotatable bonds is 8. The molecule has 3 atom stereocenters. The molecule has 24 heavy (non-hydrogen) atoms. The van der Waals surface area contributed by atoms with Gasteiger partial charge in [0, 0.05) is 5.92 Å². The van der Waals surface area contributed by atoms with Crippen LogP contribution in [0.4, 0.5) is 4.39 Å². The molecule has 1 aromatic carbocycles. The van der Waals surface area contributed by atoms with E-state index in [0.29, 0.717) is 0 Å². The number of oxime groups is 1. The van der Waals surface area contributed by atoms with Crippen molar-refractivity contribution < 1.29 is 21.8 Å². The van der Waals surface area contributed by atoms with E-state index >= 15 is 0 Å². The first-order valence-corrected chi connectivity index (χ1v) is 9.46. The van der Waals surface area contributed by atoms with Crippen LogP contribution in [0.1, 0.15) is 20.3 Å². The van der Waals surface area contributed by atoms with E-state index in [4.69, 9.17) is 39.0 Å². The summed E-state index contributed by atoms with van der Waals surface area (Å²) in [5, 5.41) is 3.33. The molecule has 0 saturated heterocycles. The normalized spacial score (nSPS) is 16.1. The van der Waals surface area contributed by atoms with Crippen LogP contribution >= 0.6 is 34.8 Å². The molecule has 1 rings (SSSR count). The zero-order chi connectivity index (χ0) is 18.5. The van der Waals surface area contributed by atoms with E-state index in [1.807, 2.05) is 0 Å². The zero-order valence-corrected chi connectivity index (χ0v) is 16.3. The van der Waals surface area contributed by atoms with Gasteiger partial charge in [-0.05, 0) is 18.6 Å². The molecule has 0 N–H and O–H groups in total. The lowest BCUT2D eigenvalue weighted by molar-refractivity contribution is 0.110. The first-order chi connectivity index (χ1) is 11.1. The van der Waals surface area contributed by atoms with Crippen LogP contribution in [0.3, 0.4) is 0 Å². The van der Waals surface area contributed by atoms with E-state index in [-0.39, 0.29) is 26.4 Å². The van der Waals surface area contributed by atoms with Crippen LogP contribution in [0, 0.1) is 5.92 Å². The Morgan fingerprint density at radius 3 is 2.38 bits per heavy atom. The molecule has 0 aromatic heterocycles. The van der Waals surface area contributed by atoms with Crippen LogP contribution in [-0.4, -0.2) is 34.0 Å². The first kappa shape index (κ1) is 21.4. The lowest BCUT2D eigenvalue weighted by Gasteiger charge is -2.23. The van der Waals surface area contributed by atoms with Crippen LogP contribution in [0.15, 0.2) is 22.2 Å². The Morgan fingerprint density at radius 2 is 1.83 bits per heavy atom. The number of hydrogen-bond donors (Lipinski definition) is 0. The van der Waals surface area contributed by atoms with Gasteiger partial charge in [-0.1, -0.05) is 53.8 Å². The maximum absolute atomic E-state index is 14.0. The summed E-state index contributed by atoms with van der Waals surface area (Å²) < 4.78 is 44.1. The number of hydrogen-bond acceptors (Lipinski definition) is 5. The smallest absolute Gasteiger partial charge is 0.298 e. The number of halogens is 4. The fourth-order valence-corrected chi connectivity index (χ4v) is 4.09. The van der Waals surface area contributed by atoms with E-state index in [1.165, 1.54) is 20.1 Å². The second kappa shape index (κ2) is 9.20. The molecule has 0 spiro atoms. The van der Waals surface area contributed by atoms with Gasteiger partial charge in [-0.25, -0.2) is 4.39 Å². The average molecular weight is 421 g/mol. The molecule has 0 unspecified atom stereocenters. The molecule has 0 radical (unpaired) electrons. The van der Waals surface area contributed by atoms with Crippen LogP contribution in [0.25, 0.3) is 0 Å². The summed E-state index contributed by atoms with van der Waals surface area (Å²) in [6.45, 7) is 3.18. The number of nitrogens with zero attached hydrogens (tertiary/aromatic N) is 1. The van der Waals surface area contributed by atoms with Crippen molar-refractivity contribution in [3.05, 3.63) is 27.2 Å². The number of alkyl halides is 1. The monoisotopic (exact) mass is 419 g/mol. The van der Waals surface area contributed by atoms with Crippen molar-refractivity contribution in [2.75, 3.05) is 7.11 Å². The van der Waals surface area contributed by atoms with Crippen molar-refractivity contribution in [1.82, 2.24) is 0 Å². The van der Waals surface area contributed by atoms with Gasteiger partial charge in [0.05, 0.1) is 27.4 Å². The number of benzene rings is 1. The predicted octanol–water partition coefficient (Wildman–Crippen LogP) is 4.74. The molecule has 0 saturated carbocycles. The molecule has 136 valence electrons. The third-order valence-electron chi connectivity index (χ3n) is 3.29. The molecular formula is C14H17Cl3FNO4S. The van der Waals surface area contributed by atoms with Crippen molar-refractivity contribution in [3.63, 3.8) is 0 Å². The van der Waals surface area contributed by atoms with Crippen molar-refractivity contribution in [2.24, 2.45) is 11.1 Å². The Bertz CT molecular complexity index is 700. The topological polar surface area (TPSA) is 65.0 Å². The third-order valence-corrected chi connectivity index (χ3v) is 5.82. The van der Waals surface area contributed by atoms with Gasteiger partial charge in [0.25, 0.3) is 10.1 Å². The van der Waals surface area contributed by atoms with Crippen LogP contribution in [-0.2, 0) is 19.1 Å². The second-order valence-corrected chi connectivity index (χ2v) is 7.70. The van der Waals surface area contributed by atoms with E-state index in [0.717, 1.165) is 12.3 Å². The standard InChI is InChI=1S/C14H17Cl3FNO4S/c1-4-13(8(2)12(18)7-19-22-3)23-24(20,21)14-6-10(16)9(15)5-11(14)17/h5-8,12-13H,4H2,1-3H3/b19-7+/t8-,12+,13+/m0/s1. The fraction of sp³-hybridized carbons (Fsp3) is 0.500. The van der Waals surface area contributed by atoms with Crippen LogP contribution in [0.5, 0.6) is 0 Å². The van der Waals surface area contributed by atoms with Gasteiger partial charge in [0.15, 0.2) is 0 Å². The van der Waals surface area contributed by atoms with Crippen molar-refractivity contribution in [1.29, 1.82) is 0 Å². The second-order valence-electron chi connectivity index (χ2n) is 4.93. The molecule has 1 aromatic rings. The highest BCUT2D eigenvalue weighted by molar-refractivity contribution is 7.87. The highest BCUT2D eigenvalue weighted by atomic mass is 35.5. The Balaban J connectivity index is 3.07. The van der Waals surface area contributed by atoms with E-state index in [2.05, 4.69) is 9.99 Å². The lowest BCUT2D eigenvalue weighted by Crippen LogP contribution is -2.32. The summed E-state index contributed by atoms with van der Waals surface area (Å²) >= 11 is 17.5. The van der Waals surface area contributed by atoms with Crippen LogP contribution in [0.2, 0.25) is 15.1 Å². The van der Waals surface area contributed by atoms with E-state index in [9.17, 15) is 12.8 Å². The summed E-state index contributed by atoms with van der Waals surface area (Å²) in [4.78, 5) is 4.08. The molecule has 10 heteroatoms. The Hall–Kier alpha value is -0.600. The van der Waals surface area contributed by atoms with Gasteiger partial charge >= 0.3 is 0 Å². The fourth-order valence-electron chi connectivity index (χ4n) is 1.90. The molecule has 0 fully saturated rings. The highest BCUT2D eigenvalue weighted by Gasteiger charge is 2.31. The van der Waals surface area contributed by atoms with Gasteiger partial charge in [0.2, 0.25) is 0 Å². The molecule has 0 heterocycles. The predicted molar refractivity (Wildman–Crippen MR) is 93.4 cm³/mol. The maximum atomic E-state index is 14.0. The minimum atomic E-state index is -4.26. The largest absolute Gasteiger partial charge is 0.399 e. The highest BCUT2D eigenvalue weighted by Crippen LogP contribution is 2.33. The molecule has 5 nitrogen and oxygen atoms in total. The summed E-state index contributed by atoms with van der Waals surface area (Å²) in [5.74, 6) is -0.787. The van der Waals surface area contributed by atoms with Gasteiger partial charge in [-0.2, -0.15) is 8.42 Å². The molecule has 0 aliphatic rings. The quantitative estimate of drug-likeness (QED) is 0.264. The minimum Gasteiger partial charge on any atom is -0.399 e. The minimum absolute atomic E-state index is 0.0138. The van der Waals surface area contributed by atoms with Gasteiger partial charge in [0.1, 0.15) is 18.2 Å². The van der Waals surface area contributed by atoms with Gasteiger partial charge in [-0.15, -0.1) is 0 Å². The Morgan fingerprint density at radius 1 is 1.25 bits per heavy atom. The molecule has 0 aliphatic heterocycles. The molecule has 0 bridgehead atoms. The average Bonchev–Trinajstić information content (AvgIpc) is 2.52. The maximum Gasteiger partial charge on any atom is 0.298 e. The Labute approximate surface area is 155 Å². The Kier molecular flexibility index (Phi) is 8.22. The zero-order valence-electron chi connectivity index (χ0n) is 13.2. The lowest BCUT2D eigenvalue weighted by atomic mass is 9.98. The van der Waals surface area contributed by atoms with E-state index in [1.54, 1.807) is 6.92 Å². The SMILES string of the molecule is CC[C@@H](OS(=O)(=O)c1cc(Cl)c(Cl)cc1Cl)[C@@H](C)[C@H](F)/C=N/OC. The molecule has 0 aliphatic carbocycles. The van der Waals surface area contributed by atoms with Crippen LogP contribution < -0.4 is 0 Å². The third kappa shape index (κ3) is 5.46. The summed E-state index contributed by atoms with van der Waals surface area (Å²) in [6, 6.07) is 2.30. The summed E-state index contributed by atoms with van der Waals surface area (Å²) in [5.41, 5.74) is 0. The van der Waals surface area contributed by atoms with Gasteiger partial charge < -0.3 is 4.84 Å². The van der Waals surface area contributed by atoms with E-state index < -0.39 is 28.3 Å². The molecular weight excluding hydrogens is 404 g/mol. The first-order valence-electron chi connectivity index (χ1n) is 6.92. The molecule has 0 amide bonds.